The summed E-state index contributed by atoms with van der Waals surface area (Å²) in [5.74, 6) is 0.208. The third-order valence-corrected chi connectivity index (χ3v) is 5.53. The Morgan fingerprint density at radius 2 is 1.80 bits per heavy atom. The van der Waals surface area contributed by atoms with Crippen molar-refractivity contribution in [2.45, 2.75) is 19.5 Å². The van der Waals surface area contributed by atoms with Gasteiger partial charge in [0.1, 0.15) is 5.75 Å². The lowest BCUT2D eigenvalue weighted by molar-refractivity contribution is 0.0734. The summed E-state index contributed by atoms with van der Waals surface area (Å²) >= 11 is 0. The minimum Gasteiger partial charge on any atom is -0.508 e. The predicted molar refractivity (Wildman–Crippen MR) is 118 cm³/mol. The van der Waals surface area contributed by atoms with E-state index in [1.54, 1.807) is 12.1 Å². The summed E-state index contributed by atoms with van der Waals surface area (Å²) in [6.07, 6.45) is 0.783. The largest absolute Gasteiger partial charge is 0.508 e. The van der Waals surface area contributed by atoms with Gasteiger partial charge in [0.25, 0.3) is 5.91 Å². The van der Waals surface area contributed by atoms with E-state index in [9.17, 15) is 15.0 Å². The molecule has 3 aromatic rings. The zero-order chi connectivity index (χ0) is 20.9. The maximum Gasteiger partial charge on any atom is 0.254 e. The summed E-state index contributed by atoms with van der Waals surface area (Å²) in [5.41, 5.74) is 4.87. The number of anilines is 1. The molecule has 0 bridgehead atoms. The number of fused-ring (bicyclic) bond motifs is 1. The summed E-state index contributed by atoms with van der Waals surface area (Å²) in [5, 5.41) is 19.3. The van der Waals surface area contributed by atoms with Crippen LogP contribution in [0.5, 0.6) is 5.75 Å². The highest BCUT2D eigenvalue weighted by Crippen LogP contribution is 2.25. The molecule has 0 saturated carbocycles. The Morgan fingerprint density at radius 3 is 2.60 bits per heavy atom. The molecule has 0 fully saturated rings. The average Bonchev–Trinajstić information content (AvgIpc) is 2.78. The smallest absolute Gasteiger partial charge is 0.254 e. The second-order valence-corrected chi connectivity index (χ2v) is 7.61. The van der Waals surface area contributed by atoms with Crippen LogP contribution in [0.15, 0.2) is 72.8 Å². The minimum absolute atomic E-state index is 0.0190. The van der Waals surface area contributed by atoms with Gasteiger partial charge >= 0.3 is 0 Å². The number of phenolic OH excluding ortho intramolecular Hbond substituents is 1. The Kier molecular flexibility index (Phi) is 6.00. The van der Waals surface area contributed by atoms with Crippen molar-refractivity contribution in [1.29, 1.82) is 0 Å². The molecule has 0 aliphatic carbocycles. The van der Waals surface area contributed by atoms with Gasteiger partial charge in [-0.1, -0.05) is 42.5 Å². The number of nitrogens with zero attached hydrogens (tertiary/aromatic N) is 2. The molecule has 1 aliphatic rings. The Balaban J connectivity index is 1.54. The summed E-state index contributed by atoms with van der Waals surface area (Å²) in [6, 6.07) is 23.1. The quantitative estimate of drug-likeness (QED) is 0.661. The average molecular weight is 402 g/mol. The van der Waals surface area contributed by atoms with Gasteiger partial charge in [-0.05, 0) is 53.4 Å². The SMILES string of the molecule is O=C(c1cccc(N(CCO)Cc2ccccc2)c1)N1CCc2ccc(O)cc2C1. The Morgan fingerprint density at radius 1 is 0.967 bits per heavy atom. The van der Waals surface area contributed by atoms with Crippen molar-refractivity contribution in [3.8, 4) is 5.75 Å². The molecule has 0 saturated heterocycles. The van der Waals surface area contributed by atoms with Crippen molar-refractivity contribution in [3.63, 3.8) is 0 Å². The van der Waals surface area contributed by atoms with Crippen molar-refractivity contribution >= 4 is 11.6 Å². The van der Waals surface area contributed by atoms with Gasteiger partial charge in [0.2, 0.25) is 0 Å². The van der Waals surface area contributed by atoms with E-state index in [-0.39, 0.29) is 18.3 Å². The van der Waals surface area contributed by atoms with Gasteiger partial charge in [0.15, 0.2) is 0 Å². The van der Waals surface area contributed by atoms with Crippen molar-refractivity contribution < 1.29 is 15.0 Å². The molecule has 1 aliphatic heterocycles. The molecule has 0 radical (unpaired) electrons. The van der Waals surface area contributed by atoms with Gasteiger partial charge < -0.3 is 20.0 Å². The standard InChI is InChI=1S/C25H26N2O3/c28-14-13-26(17-19-5-2-1-3-6-19)23-8-4-7-21(15-23)25(30)27-12-11-20-9-10-24(29)16-22(20)18-27/h1-10,15-16,28-29H,11-14,17-18H2. The number of hydrogen-bond acceptors (Lipinski definition) is 4. The van der Waals surface area contributed by atoms with E-state index >= 15 is 0 Å². The van der Waals surface area contributed by atoms with Crippen LogP contribution < -0.4 is 4.90 Å². The van der Waals surface area contributed by atoms with Crippen LogP contribution in [0.4, 0.5) is 5.69 Å². The molecule has 1 heterocycles. The van der Waals surface area contributed by atoms with E-state index in [0.29, 0.717) is 31.7 Å². The molecule has 0 atom stereocenters. The fourth-order valence-corrected chi connectivity index (χ4v) is 3.96. The molecule has 5 nitrogen and oxygen atoms in total. The van der Waals surface area contributed by atoms with E-state index < -0.39 is 0 Å². The van der Waals surface area contributed by atoms with Crippen molar-refractivity contribution in [1.82, 2.24) is 4.90 Å². The number of aliphatic hydroxyl groups is 1. The van der Waals surface area contributed by atoms with Crippen LogP contribution in [0.2, 0.25) is 0 Å². The lowest BCUT2D eigenvalue weighted by Crippen LogP contribution is -2.36. The number of benzene rings is 3. The molecule has 0 unspecified atom stereocenters. The number of hydrogen-bond donors (Lipinski definition) is 2. The number of phenols is 1. The number of carbonyl (C=O) groups excluding carboxylic acids is 1. The first-order chi connectivity index (χ1) is 14.6. The second kappa shape index (κ2) is 9.01. The number of amides is 1. The number of aromatic hydroxyl groups is 1. The Labute approximate surface area is 176 Å². The normalized spacial score (nSPS) is 13.0. The third kappa shape index (κ3) is 4.47. The molecule has 2 N–H and O–H groups in total. The molecule has 154 valence electrons. The summed E-state index contributed by atoms with van der Waals surface area (Å²) in [6.45, 7) is 2.35. The van der Waals surface area contributed by atoms with Crippen LogP contribution in [-0.4, -0.2) is 40.7 Å². The van der Waals surface area contributed by atoms with Gasteiger partial charge in [0, 0.05) is 37.4 Å². The topological polar surface area (TPSA) is 64.0 Å². The zero-order valence-corrected chi connectivity index (χ0v) is 16.9. The summed E-state index contributed by atoms with van der Waals surface area (Å²) in [7, 11) is 0. The highest BCUT2D eigenvalue weighted by atomic mass is 16.3. The first kappa shape index (κ1) is 20.0. The lowest BCUT2D eigenvalue weighted by Gasteiger charge is -2.30. The number of rotatable bonds is 6. The van der Waals surface area contributed by atoms with Crippen LogP contribution in [0.3, 0.4) is 0 Å². The Hall–Kier alpha value is -3.31. The van der Waals surface area contributed by atoms with Gasteiger partial charge in [-0.15, -0.1) is 0 Å². The number of aliphatic hydroxyl groups excluding tert-OH is 1. The molecule has 3 aromatic carbocycles. The molecule has 1 amide bonds. The van der Waals surface area contributed by atoms with Gasteiger partial charge in [0.05, 0.1) is 6.61 Å². The van der Waals surface area contributed by atoms with E-state index in [0.717, 1.165) is 23.2 Å². The van der Waals surface area contributed by atoms with Gasteiger partial charge in [-0.3, -0.25) is 4.79 Å². The lowest BCUT2D eigenvalue weighted by atomic mass is 9.98. The van der Waals surface area contributed by atoms with Crippen LogP contribution in [-0.2, 0) is 19.5 Å². The summed E-state index contributed by atoms with van der Waals surface area (Å²) in [4.78, 5) is 17.1. The molecule has 30 heavy (non-hydrogen) atoms. The van der Waals surface area contributed by atoms with Gasteiger partial charge in [-0.2, -0.15) is 0 Å². The van der Waals surface area contributed by atoms with E-state index in [4.69, 9.17) is 0 Å². The van der Waals surface area contributed by atoms with E-state index in [1.165, 1.54) is 5.56 Å². The van der Waals surface area contributed by atoms with Crippen LogP contribution >= 0.6 is 0 Å². The highest BCUT2D eigenvalue weighted by Gasteiger charge is 2.22. The summed E-state index contributed by atoms with van der Waals surface area (Å²) < 4.78 is 0. The second-order valence-electron chi connectivity index (χ2n) is 7.61. The van der Waals surface area contributed by atoms with Crippen LogP contribution in [0.25, 0.3) is 0 Å². The third-order valence-electron chi connectivity index (χ3n) is 5.53. The predicted octanol–water partition coefficient (Wildman–Crippen LogP) is 3.59. The van der Waals surface area contributed by atoms with Crippen molar-refractivity contribution in [3.05, 3.63) is 95.1 Å². The van der Waals surface area contributed by atoms with E-state index in [2.05, 4.69) is 17.0 Å². The fraction of sp³-hybridized carbons (Fsp3) is 0.240. The monoisotopic (exact) mass is 402 g/mol. The highest BCUT2D eigenvalue weighted by molar-refractivity contribution is 5.95. The van der Waals surface area contributed by atoms with Gasteiger partial charge in [-0.25, -0.2) is 0 Å². The first-order valence-electron chi connectivity index (χ1n) is 10.2. The molecule has 4 rings (SSSR count). The first-order valence-corrected chi connectivity index (χ1v) is 10.2. The maximum atomic E-state index is 13.2. The van der Waals surface area contributed by atoms with Crippen molar-refractivity contribution in [2.24, 2.45) is 0 Å². The number of carbonyl (C=O) groups is 1. The van der Waals surface area contributed by atoms with Crippen molar-refractivity contribution in [2.75, 3.05) is 24.6 Å². The molecule has 0 spiro atoms. The van der Waals surface area contributed by atoms with Crippen LogP contribution in [0, 0.1) is 0 Å². The van der Waals surface area contributed by atoms with E-state index in [1.807, 2.05) is 53.4 Å². The minimum atomic E-state index is -0.0190. The van der Waals surface area contributed by atoms with Crippen LogP contribution in [0.1, 0.15) is 27.0 Å². The zero-order valence-electron chi connectivity index (χ0n) is 16.9. The Bertz CT molecular complexity index is 1020. The molecule has 0 aromatic heterocycles. The fourth-order valence-electron chi connectivity index (χ4n) is 3.96. The molecule has 5 heteroatoms. The molecular formula is C25H26N2O3. The maximum absolute atomic E-state index is 13.2. The molecular weight excluding hydrogens is 376 g/mol.